The Balaban J connectivity index is 5.79. The number of aliphatic carboxylic acids is 1. The second-order valence-electron chi connectivity index (χ2n) is 3.94. The van der Waals surface area contributed by atoms with Crippen LogP contribution in [0.5, 0.6) is 0 Å². The molecule has 0 saturated carbocycles. The molecule has 1 N–H and O–H groups in total. The predicted molar refractivity (Wildman–Crippen MR) is 72.0 cm³/mol. The molecule has 0 atom stereocenters. The van der Waals surface area contributed by atoms with Crippen LogP contribution in [0.1, 0.15) is 41.0 Å². The van der Waals surface area contributed by atoms with E-state index in [0.717, 1.165) is 0 Å². The second kappa shape index (κ2) is 8.35. The molecule has 112 valence electrons. The molecule has 0 rings (SSSR count). The van der Waals surface area contributed by atoms with Crippen molar-refractivity contribution in [2.45, 2.75) is 47.1 Å². The first-order valence-electron chi connectivity index (χ1n) is 6.35. The highest BCUT2D eigenvalue weighted by Crippen LogP contribution is 2.58. The zero-order valence-corrected chi connectivity index (χ0v) is 13.0. The Labute approximate surface area is 114 Å². The van der Waals surface area contributed by atoms with Crippen molar-refractivity contribution in [1.29, 1.82) is 0 Å². The topological polar surface area (TPSA) is 82.1 Å². The van der Waals surface area contributed by atoms with Gasteiger partial charge in [-0.3, -0.25) is 4.57 Å². The van der Waals surface area contributed by atoms with Crippen LogP contribution >= 0.6 is 7.60 Å². The van der Waals surface area contributed by atoms with E-state index in [9.17, 15) is 14.5 Å². The van der Waals surface area contributed by atoms with Crippen LogP contribution in [0.15, 0.2) is 11.1 Å². The number of ether oxygens (including phenoxy) is 1. The number of hydrogen-bond donors (Lipinski definition) is 1. The lowest BCUT2D eigenvalue weighted by atomic mass is 10.2. The maximum Gasteiger partial charge on any atom is 0.396 e. The third-order valence-corrected chi connectivity index (χ3v) is 4.13. The molecular weight excluding hydrogens is 271 g/mol. The van der Waals surface area contributed by atoms with Gasteiger partial charge < -0.3 is 18.9 Å². The van der Waals surface area contributed by atoms with Crippen molar-refractivity contribution >= 4 is 13.6 Å². The highest BCUT2D eigenvalue weighted by atomic mass is 31.2. The van der Waals surface area contributed by atoms with Crippen LogP contribution in [0.25, 0.3) is 0 Å². The minimum absolute atomic E-state index is 0.0843. The van der Waals surface area contributed by atoms with Gasteiger partial charge in [-0.1, -0.05) is 6.92 Å². The molecule has 0 aromatic heterocycles. The molecule has 19 heavy (non-hydrogen) atoms. The summed E-state index contributed by atoms with van der Waals surface area (Å²) >= 11 is 0. The van der Waals surface area contributed by atoms with Crippen LogP contribution in [-0.4, -0.2) is 30.4 Å². The van der Waals surface area contributed by atoms with Gasteiger partial charge in [0.15, 0.2) is 0 Å². The van der Waals surface area contributed by atoms with E-state index in [0.29, 0.717) is 0 Å². The molecule has 0 aliphatic rings. The number of carboxylic acids is 1. The van der Waals surface area contributed by atoms with E-state index in [1.54, 1.807) is 34.6 Å². The summed E-state index contributed by atoms with van der Waals surface area (Å²) in [7, 11) is -3.73. The third kappa shape index (κ3) is 5.35. The first-order valence-corrected chi connectivity index (χ1v) is 7.89. The van der Waals surface area contributed by atoms with Crippen LogP contribution in [0.3, 0.4) is 0 Å². The lowest BCUT2D eigenvalue weighted by Gasteiger charge is -2.23. The van der Waals surface area contributed by atoms with Gasteiger partial charge in [0.05, 0.1) is 24.9 Å². The molecule has 0 spiro atoms. The van der Waals surface area contributed by atoms with Crippen LogP contribution in [0.2, 0.25) is 0 Å². The Hall–Kier alpha value is -0.840. The van der Waals surface area contributed by atoms with Gasteiger partial charge in [-0.2, -0.15) is 0 Å². The molecule has 0 bridgehead atoms. The predicted octanol–water partition coefficient (Wildman–Crippen LogP) is 3.38. The lowest BCUT2D eigenvalue weighted by molar-refractivity contribution is -0.133. The van der Waals surface area contributed by atoms with E-state index in [4.69, 9.17) is 13.8 Å². The average molecular weight is 294 g/mol. The summed E-state index contributed by atoms with van der Waals surface area (Å²) in [6.45, 7) is 8.68. The number of carbonyl (C=O) groups is 1. The molecule has 0 heterocycles. The minimum atomic E-state index is -3.73. The van der Waals surface area contributed by atoms with Crippen molar-refractivity contribution in [3.05, 3.63) is 11.1 Å². The minimum Gasteiger partial charge on any atom is -0.483 e. The quantitative estimate of drug-likeness (QED) is 0.399. The van der Waals surface area contributed by atoms with Gasteiger partial charge in [-0.05, 0) is 34.1 Å². The molecular formula is C12H23O6P. The summed E-state index contributed by atoms with van der Waals surface area (Å²) in [5, 5.41) is 9.19. The molecule has 6 nitrogen and oxygen atoms in total. The lowest BCUT2D eigenvalue weighted by Crippen LogP contribution is -2.13. The summed E-state index contributed by atoms with van der Waals surface area (Å²) in [4.78, 5) is 11.2. The third-order valence-electron chi connectivity index (χ3n) is 2.06. The normalized spacial score (nSPS) is 13.4. The molecule has 7 heteroatoms. The Morgan fingerprint density at radius 3 is 1.89 bits per heavy atom. The fourth-order valence-corrected chi connectivity index (χ4v) is 3.33. The van der Waals surface area contributed by atoms with E-state index >= 15 is 0 Å². The molecule has 0 amide bonds. The number of carboxylic acid groups (broad SMARTS) is 1. The van der Waals surface area contributed by atoms with E-state index in [2.05, 4.69) is 0 Å². The maximum atomic E-state index is 12.7. The number of rotatable bonds is 9. The van der Waals surface area contributed by atoms with E-state index < -0.39 is 13.6 Å². The Morgan fingerprint density at radius 1 is 1.16 bits per heavy atom. The monoisotopic (exact) mass is 294 g/mol. The van der Waals surface area contributed by atoms with Gasteiger partial charge in [0.1, 0.15) is 0 Å². The van der Waals surface area contributed by atoms with Crippen LogP contribution in [0, 0.1) is 0 Å². The first kappa shape index (κ1) is 18.2. The summed E-state index contributed by atoms with van der Waals surface area (Å²) in [5.74, 6) is -1.18. The van der Waals surface area contributed by atoms with Crippen molar-refractivity contribution in [2.24, 2.45) is 0 Å². The Kier molecular flexibility index (Phi) is 7.99. The standard InChI is InChI=1S/C12H23O6P/c1-6-10(11(13)14)12(18-9(4)5)19(15,16-7-2)17-8-3/h9H,6-8H2,1-5H3,(H,13,14)/b12-10-. The van der Waals surface area contributed by atoms with Gasteiger partial charge in [0, 0.05) is 0 Å². The van der Waals surface area contributed by atoms with Crippen molar-refractivity contribution < 1.29 is 28.3 Å². The van der Waals surface area contributed by atoms with E-state index in [-0.39, 0.29) is 36.8 Å². The second-order valence-corrected chi connectivity index (χ2v) is 5.86. The van der Waals surface area contributed by atoms with E-state index in [1.807, 2.05) is 0 Å². The van der Waals surface area contributed by atoms with Crippen LogP contribution < -0.4 is 0 Å². The number of hydrogen-bond acceptors (Lipinski definition) is 5. The van der Waals surface area contributed by atoms with Crippen molar-refractivity contribution in [3.8, 4) is 0 Å². The molecule has 0 fully saturated rings. The first-order chi connectivity index (χ1) is 8.82. The molecule has 0 saturated heterocycles. The molecule has 0 unspecified atom stereocenters. The maximum absolute atomic E-state index is 12.7. The Morgan fingerprint density at radius 2 is 1.63 bits per heavy atom. The van der Waals surface area contributed by atoms with Crippen LogP contribution in [0.4, 0.5) is 0 Å². The van der Waals surface area contributed by atoms with Crippen molar-refractivity contribution in [2.75, 3.05) is 13.2 Å². The summed E-state index contributed by atoms with van der Waals surface area (Å²) < 4.78 is 28.4. The van der Waals surface area contributed by atoms with E-state index in [1.165, 1.54) is 0 Å². The molecule has 0 aliphatic carbocycles. The van der Waals surface area contributed by atoms with Crippen molar-refractivity contribution in [1.82, 2.24) is 0 Å². The van der Waals surface area contributed by atoms with Gasteiger partial charge in [0.25, 0.3) is 0 Å². The zero-order chi connectivity index (χ0) is 15.1. The summed E-state index contributed by atoms with van der Waals surface area (Å²) in [6.07, 6.45) is -0.160. The fourth-order valence-electron chi connectivity index (χ4n) is 1.41. The van der Waals surface area contributed by atoms with Gasteiger partial charge in [0.2, 0.25) is 5.50 Å². The smallest absolute Gasteiger partial charge is 0.396 e. The molecule has 0 aromatic carbocycles. The summed E-state index contributed by atoms with van der Waals surface area (Å²) in [6, 6.07) is 0. The molecule has 0 aromatic rings. The highest BCUT2D eigenvalue weighted by Gasteiger charge is 2.36. The Bertz CT molecular complexity index is 364. The molecule has 0 radical (unpaired) electrons. The van der Waals surface area contributed by atoms with Gasteiger partial charge in [-0.25, -0.2) is 4.79 Å². The van der Waals surface area contributed by atoms with Crippen LogP contribution in [-0.2, 0) is 23.1 Å². The fraction of sp³-hybridized carbons (Fsp3) is 0.750. The largest absolute Gasteiger partial charge is 0.483 e. The summed E-state index contributed by atoms with van der Waals surface area (Å²) in [5.41, 5.74) is -0.278. The van der Waals surface area contributed by atoms with Crippen molar-refractivity contribution in [3.63, 3.8) is 0 Å². The SMILES string of the molecule is CCOP(=O)(OCC)/C(OC(C)C)=C(/CC)C(=O)O. The van der Waals surface area contributed by atoms with Gasteiger partial charge >= 0.3 is 13.6 Å². The molecule has 0 aliphatic heterocycles. The average Bonchev–Trinajstić information content (AvgIpc) is 2.28. The highest BCUT2D eigenvalue weighted by molar-refractivity contribution is 7.58. The van der Waals surface area contributed by atoms with Gasteiger partial charge in [-0.15, -0.1) is 0 Å². The zero-order valence-electron chi connectivity index (χ0n) is 12.1.